The first kappa shape index (κ1) is 18.2. The zero-order valence-electron chi connectivity index (χ0n) is 14.6. The summed E-state index contributed by atoms with van der Waals surface area (Å²) in [7, 11) is 1.53. The zero-order valence-corrected chi connectivity index (χ0v) is 15.4. The first-order valence-electron chi connectivity index (χ1n) is 8.14. The summed E-state index contributed by atoms with van der Waals surface area (Å²) in [6.45, 7) is 1.89. The predicted octanol–water partition coefficient (Wildman–Crippen LogP) is 3.01. The van der Waals surface area contributed by atoms with E-state index in [0.717, 1.165) is 10.5 Å². The normalized spacial score (nSPS) is 14.3. The number of rotatable bonds is 6. The van der Waals surface area contributed by atoms with Gasteiger partial charge in [0.1, 0.15) is 5.75 Å². The Bertz CT molecular complexity index is 874. The fourth-order valence-corrected chi connectivity index (χ4v) is 3.61. The highest BCUT2D eigenvalue weighted by Crippen LogP contribution is 2.39. The van der Waals surface area contributed by atoms with Crippen LogP contribution in [0.15, 0.2) is 53.4 Å². The average molecular weight is 369 g/mol. The standard InChI is InChI=1S/C20H19NO4S/c1-13-6-8-14(9-7-13)17-18(26-11-10-22)20(24)21(19(17)23)15-4-3-5-16(12-15)25-2/h3-9,12,22H,10-11H2,1-2H3. The van der Waals surface area contributed by atoms with Crippen LogP contribution in [0.4, 0.5) is 5.69 Å². The number of anilines is 1. The largest absolute Gasteiger partial charge is 0.497 e. The van der Waals surface area contributed by atoms with Crippen LogP contribution in [0.5, 0.6) is 5.75 Å². The van der Waals surface area contributed by atoms with Crippen LogP contribution in [0.1, 0.15) is 11.1 Å². The summed E-state index contributed by atoms with van der Waals surface area (Å²) in [6, 6.07) is 14.3. The van der Waals surface area contributed by atoms with Gasteiger partial charge in [-0.15, -0.1) is 11.8 Å². The van der Waals surface area contributed by atoms with Gasteiger partial charge in [0, 0.05) is 11.8 Å². The Morgan fingerprint density at radius 1 is 1.08 bits per heavy atom. The van der Waals surface area contributed by atoms with Gasteiger partial charge in [-0.2, -0.15) is 0 Å². The molecule has 0 saturated carbocycles. The van der Waals surface area contributed by atoms with E-state index in [-0.39, 0.29) is 18.4 Å². The Morgan fingerprint density at radius 3 is 2.46 bits per heavy atom. The number of ether oxygens (including phenoxy) is 1. The minimum absolute atomic E-state index is 0.0734. The third-order valence-electron chi connectivity index (χ3n) is 4.03. The second-order valence-corrected chi connectivity index (χ2v) is 6.89. The first-order chi connectivity index (χ1) is 12.6. The van der Waals surface area contributed by atoms with Crippen LogP contribution in [0, 0.1) is 6.92 Å². The quantitative estimate of drug-likeness (QED) is 0.793. The van der Waals surface area contributed by atoms with E-state index in [1.165, 1.54) is 18.9 Å². The molecular weight excluding hydrogens is 350 g/mol. The lowest BCUT2D eigenvalue weighted by Crippen LogP contribution is -2.31. The summed E-state index contributed by atoms with van der Waals surface area (Å²) in [5, 5.41) is 9.15. The number of carbonyl (C=O) groups is 2. The molecule has 0 fully saturated rings. The molecule has 0 radical (unpaired) electrons. The molecular formula is C20H19NO4S. The fraction of sp³-hybridized carbons (Fsp3) is 0.200. The maximum absolute atomic E-state index is 13.1. The van der Waals surface area contributed by atoms with Gasteiger partial charge in [-0.25, -0.2) is 4.90 Å². The summed E-state index contributed by atoms with van der Waals surface area (Å²) >= 11 is 1.20. The molecule has 6 heteroatoms. The van der Waals surface area contributed by atoms with E-state index in [1.807, 2.05) is 31.2 Å². The first-order valence-corrected chi connectivity index (χ1v) is 9.13. The van der Waals surface area contributed by atoms with Gasteiger partial charge in [0.2, 0.25) is 0 Å². The molecule has 0 atom stereocenters. The molecule has 1 heterocycles. The third-order valence-corrected chi connectivity index (χ3v) is 5.08. The summed E-state index contributed by atoms with van der Waals surface area (Å²) < 4.78 is 5.20. The van der Waals surface area contributed by atoms with Crippen molar-refractivity contribution in [1.29, 1.82) is 0 Å². The van der Waals surface area contributed by atoms with Crippen LogP contribution in [0.2, 0.25) is 0 Å². The number of nitrogens with zero attached hydrogens (tertiary/aromatic N) is 1. The molecule has 0 bridgehead atoms. The Balaban J connectivity index is 2.06. The lowest BCUT2D eigenvalue weighted by molar-refractivity contribution is -0.119. The molecule has 0 saturated heterocycles. The van der Waals surface area contributed by atoms with Crippen molar-refractivity contribution in [2.24, 2.45) is 0 Å². The molecule has 2 aromatic rings. The number of methoxy groups -OCH3 is 1. The number of aliphatic hydroxyl groups excluding tert-OH is 1. The van der Waals surface area contributed by atoms with Crippen molar-refractivity contribution in [2.75, 3.05) is 24.4 Å². The Hall–Kier alpha value is -2.57. The van der Waals surface area contributed by atoms with Crippen molar-refractivity contribution in [3.63, 3.8) is 0 Å². The van der Waals surface area contributed by atoms with Crippen LogP contribution in [0.25, 0.3) is 5.57 Å². The number of hydrogen-bond donors (Lipinski definition) is 1. The molecule has 2 amide bonds. The average Bonchev–Trinajstić information content (AvgIpc) is 2.90. The van der Waals surface area contributed by atoms with E-state index in [2.05, 4.69) is 0 Å². The molecule has 1 aliphatic rings. The van der Waals surface area contributed by atoms with Gasteiger partial charge in [0.25, 0.3) is 11.8 Å². The summed E-state index contributed by atoms with van der Waals surface area (Å²) in [5.74, 6) is 0.164. The summed E-state index contributed by atoms with van der Waals surface area (Å²) in [5.41, 5.74) is 2.60. The highest BCUT2D eigenvalue weighted by molar-refractivity contribution is 8.04. The van der Waals surface area contributed by atoms with Gasteiger partial charge >= 0.3 is 0 Å². The van der Waals surface area contributed by atoms with Crippen molar-refractivity contribution in [3.8, 4) is 5.75 Å². The van der Waals surface area contributed by atoms with E-state index >= 15 is 0 Å². The van der Waals surface area contributed by atoms with Gasteiger partial charge in [0.05, 0.1) is 29.9 Å². The lowest BCUT2D eigenvalue weighted by Gasteiger charge is -2.16. The molecule has 5 nitrogen and oxygen atoms in total. The summed E-state index contributed by atoms with van der Waals surface area (Å²) in [6.07, 6.45) is 0. The molecule has 0 aliphatic carbocycles. The Kier molecular flexibility index (Phi) is 5.44. The highest BCUT2D eigenvalue weighted by Gasteiger charge is 2.40. The van der Waals surface area contributed by atoms with Gasteiger partial charge in [-0.1, -0.05) is 35.9 Å². The molecule has 134 valence electrons. The topological polar surface area (TPSA) is 66.8 Å². The third kappa shape index (κ3) is 3.38. The van der Waals surface area contributed by atoms with Crippen LogP contribution in [-0.2, 0) is 9.59 Å². The minimum atomic E-state index is -0.378. The van der Waals surface area contributed by atoms with E-state index in [9.17, 15) is 9.59 Å². The number of amides is 2. The number of benzene rings is 2. The monoisotopic (exact) mass is 369 g/mol. The lowest BCUT2D eigenvalue weighted by atomic mass is 10.0. The predicted molar refractivity (Wildman–Crippen MR) is 103 cm³/mol. The van der Waals surface area contributed by atoms with Gasteiger partial charge in [-0.05, 0) is 24.6 Å². The van der Waals surface area contributed by atoms with Crippen LogP contribution >= 0.6 is 11.8 Å². The fourth-order valence-electron chi connectivity index (χ4n) is 2.75. The Morgan fingerprint density at radius 2 is 1.81 bits per heavy atom. The molecule has 1 N–H and O–H groups in total. The number of imide groups is 1. The highest BCUT2D eigenvalue weighted by atomic mass is 32.2. The smallest absolute Gasteiger partial charge is 0.272 e. The van der Waals surface area contributed by atoms with E-state index < -0.39 is 0 Å². The Labute approximate surface area is 156 Å². The molecule has 3 rings (SSSR count). The molecule has 1 aliphatic heterocycles. The maximum atomic E-state index is 13.1. The van der Waals surface area contributed by atoms with Crippen molar-refractivity contribution < 1.29 is 19.4 Å². The van der Waals surface area contributed by atoms with Crippen LogP contribution in [0.3, 0.4) is 0 Å². The second kappa shape index (κ2) is 7.76. The number of hydrogen-bond acceptors (Lipinski definition) is 5. The molecule has 2 aromatic carbocycles. The number of thioether (sulfide) groups is 1. The van der Waals surface area contributed by atoms with E-state index in [1.54, 1.807) is 24.3 Å². The number of aliphatic hydroxyl groups is 1. The van der Waals surface area contributed by atoms with E-state index in [0.29, 0.717) is 33.2 Å². The molecule has 0 spiro atoms. The van der Waals surface area contributed by atoms with Crippen LogP contribution < -0.4 is 9.64 Å². The number of aryl methyl sites for hydroxylation is 1. The zero-order chi connectivity index (χ0) is 18.7. The van der Waals surface area contributed by atoms with Crippen molar-refractivity contribution in [2.45, 2.75) is 6.92 Å². The molecule has 0 aromatic heterocycles. The molecule has 0 unspecified atom stereocenters. The van der Waals surface area contributed by atoms with Crippen LogP contribution in [-0.4, -0.2) is 36.4 Å². The minimum Gasteiger partial charge on any atom is -0.497 e. The SMILES string of the molecule is COc1cccc(N2C(=O)C(SCCO)=C(c3ccc(C)cc3)C2=O)c1. The van der Waals surface area contributed by atoms with Crippen molar-refractivity contribution >= 4 is 34.8 Å². The second-order valence-electron chi connectivity index (χ2n) is 5.79. The van der Waals surface area contributed by atoms with E-state index in [4.69, 9.17) is 9.84 Å². The molecule has 26 heavy (non-hydrogen) atoms. The van der Waals surface area contributed by atoms with Gasteiger partial charge in [-0.3, -0.25) is 9.59 Å². The van der Waals surface area contributed by atoms with Crippen molar-refractivity contribution in [3.05, 3.63) is 64.6 Å². The van der Waals surface area contributed by atoms with Gasteiger partial charge < -0.3 is 9.84 Å². The van der Waals surface area contributed by atoms with Crippen molar-refractivity contribution in [1.82, 2.24) is 0 Å². The maximum Gasteiger partial charge on any atom is 0.272 e. The number of carbonyl (C=O) groups excluding carboxylic acids is 2. The summed E-state index contributed by atoms with van der Waals surface area (Å²) in [4.78, 5) is 27.6. The van der Waals surface area contributed by atoms with Gasteiger partial charge in [0.15, 0.2) is 0 Å².